The van der Waals surface area contributed by atoms with Crippen LogP contribution in [0.25, 0.3) is 11.3 Å². The number of aryl methyl sites for hydroxylation is 3. The number of nitrogens with one attached hydrogen (secondary N) is 1. The van der Waals surface area contributed by atoms with Crippen LogP contribution in [0, 0.1) is 20.8 Å². The van der Waals surface area contributed by atoms with Crippen LogP contribution in [0.1, 0.15) is 22.8 Å². The predicted octanol–water partition coefficient (Wildman–Crippen LogP) is 3.27. The number of anilines is 1. The maximum Gasteiger partial charge on any atom is 0.125 e. The first kappa shape index (κ1) is 15.4. The molecule has 3 heterocycles. The molecule has 0 aliphatic heterocycles. The molecular formula is C17H21N3O3. The molecule has 0 aliphatic carbocycles. The van der Waals surface area contributed by atoms with Crippen molar-refractivity contribution in [3.05, 3.63) is 47.3 Å². The second kappa shape index (κ2) is 6.34. The average Bonchev–Trinajstić information content (AvgIpc) is 3.17. The van der Waals surface area contributed by atoms with Crippen LogP contribution >= 0.6 is 0 Å². The van der Waals surface area contributed by atoms with E-state index in [1.165, 1.54) is 0 Å². The van der Waals surface area contributed by atoms with E-state index >= 15 is 0 Å². The third-order valence-electron chi connectivity index (χ3n) is 3.83. The number of aromatic nitrogens is 2. The third kappa shape index (κ3) is 3.17. The van der Waals surface area contributed by atoms with Gasteiger partial charge in [-0.1, -0.05) is 0 Å². The lowest BCUT2D eigenvalue weighted by Crippen LogP contribution is -2.10. The van der Waals surface area contributed by atoms with Gasteiger partial charge in [0.25, 0.3) is 0 Å². The van der Waals surface area contributed by atoms with Gasteiger partial charge in [0.15, 0.2) is 0 Å². The summed E-state index contributed by atoms with van der Waals surface area (Å²) in [5, 5.41) is 17.2. The highest BCUT2D eigenvalue weighted by Crippen LogP contribution is 2.26. The Morgan fingerprint density at radius 3 is 2.65 bits per heavy atom. The van der Waals surface area contributed by atoms with Crippen molar-refractivity contribution in [2.75, 3.05) is 11.9 Å². The maximum absolute atomic E-state index is 9.25. The first-order chi connectivity index (χ1) is 11.1. The van der Waals surface area contributed by atoms with Gasteiger partial charge in [-0.3, -0.25) is 0 Å². The van der Waals surface area contributed by atoms with Gasteiger partial charge in [-0.15, -0.1) is 0 Å². The summed E-state index contributed by atoms with van der Waals surface area (Å²) in [7, 11) is 0. The van der Waals surface area contributed by atoms with Crippen molar-refractivity contribution in [1.82, 2.24) is 9.78 Å². The first-order valence-corrected chi connectivity index (χ1v) is 7.61. The number of aliphatic hydroxyl groups excluding tert-OH is 1. The van der Waals surface area contributed by atoms with Crippen molar-refractivity contribution in [3.63, 3.8) is 0 Å². The summed E-state index contributed by atoms with van der Waals surface area (Å²) >= 11 is 0. The number of aliphatic hydroxyl groups is 1. The van der Waals surface area contributed by atoms with Crippen molar-refractivity contribution in [2.45, 2.75) is 33.9 Å². The Morgan fingerprint density at radius 1 is 1.22 bits per heavy atom. The summed E-state index contributed by atoms with van der Waals surface area (Å²) < 4.78 is 12.7. The normalized spacial score (nSPS) is 11.1. The molecule has 6 heteroatoms. The molecule has 0 fully saturated rings. The molecule has 0 saturated heterocycles. The van der Waals surface area contributed by atoms with Crippen LogP contribution in [0.4, 0.5) is 5.82 Å². The molecule has 0 amide bonds. The van der Waals surface area contributed by atoms with Gasteiger partial charge in [-0.25, -0.2) is 4.68 Å². The van der Waals surface area contributed by atoms with E-state index in [4.69, 9.17) is 8.83 Å². The van der Waals surface area contributed by atoms with E-state index < -0.39 is 0 Å². The Morgan fingerprint density at radius 2 is 2.04 bits per heavy atom. The van der Waals surface area contributed by atoms with Crippen LogP contribution in [0.2, 0.25) is 0 Å². The monoisotopic (exact) mass is 315 g/mol. The minimum atomic E-state index is 0.0318. The molecule has 6 nitrogen and oxygen atoms in total. The van der Waals surface area contributed by atoms with Gasteiger partial charge in [-0.2, -0.15) is 5.10 Å². The number of rotatable bonds is 6. The molecule has 0 unspecified atom stereocenters. The zero-order chi connectivity index (χ0) is 16.4. The number of hydrogen-bond donors (Lipinski definition) is 2. The number of hydrogen-bond acceptors (Lipinski definition) is 5. The van der Waals surface area contributed by atoms with Crippen LogP contribution in [0.3, 0.4) is 0 Å². The van der Waals surface area contributed by atoms with Gasteiger partial charge >= 0.3 is 0 Å². The van der Waals surface area contributed by atoms with E-state index in [1.54, 1.807) is 10.9 Å². The minimum Gasteiger partial charge on any atom is -0.469 e. The predicted molar refractivity (Wildman–Crippen MR) is 87.3 cm³/mol. The molecule has 23 heavy (non-hydrogen) atoms. The fourth-order valence-corrected chi connectivity index (χ4v) is 2.65. The highest BCUT2D eigenvalue weighted by Gasteiger charge is 2.13. The van der Waals surface area contributed by atoms with Crippen molar-refractivity contribution in [1.29, 1.82) is 0 Å². The molecule has 0 radical (unpaired) electrons. The molecule has 0 spiro atoms. The summed E-state index contributed by atoms with van der Waals surface area (Å²) in [5.41, 5.74) is 2.90. The maximum atomic E-state index is 9.25. The number of nitrogens with zero attached hydrogens (tertiary/aromatic N) is 2. The lowest BCUT2D eigenvalue weighted by atomic mass is 10.2. The zero-order valence-corrected chi connectivity index (χ0v) is 13.6. The van der Waals surface area contributed by atoms with E-state index in [0.717, 1.165) is 39.9 Å². The first-order valence-electron chi connectivity index (χ1n) is 7.61. The van der Waals surface area contributed by atoms with Crippen molar-refractivity contribution >= 4 is 5.82 Å². The highest BCUT2D eigenvalue weighted by molar-refractivity contribution is 5.64. The summed E-state index contributed by atoms with van der Waals surface area (Å²) in [5.74, 6) is 3.49. The zero-order valence-electron chi connectivity index (χ0n) is 13.6. The molecule has 0 saturated carbocycles. The van der Waals surface area contributed by atoms with Gasteiger partial charge in [0, 0.05) is 23.7 Å². The average molecular weight is 315 g/mol. The summed E-state index contributed by atoms with van der Waals surface area (Å²) in [6.07, 6.45) is 1.65. The quantitative estimate of drug-likeness (QED) is 0.730. The van der Waals surface area contributed by atoms with Gasteiger partial charge in [0.2, 0.25) is 0 Å². The Hall–Kier alpha value is -2.47. The molecule has 2 N–H and O–H groups in total. The Kier molecular flexibility index (Phi) is 4.25. The lowest BCUT2D eigenvalue weighted by molar-refractivity contribution is 0.270. The molecule has 122 valence electrons. The Balaban J connectivity index is 1.84. The smallest absolute Gasteiger partial charge is 0.125 e. The Labute approximate surface area is 134 Å². The summed E-state index contributed by atoms with van der Waals surface area (Å²) in [6, 6.07) is 5.89. The lowest BCUT2D eigenvalue weighted by Gasteiger charge is -2.07. The minimum absolute atomic E-state index is 0.0318. The van der Waals surface area contributed by atoms with Crippen molar-refractivity contribution < 1.29 is 13.9 Å². The second-order valence-electron chi connectivity index (χ2n) is 5.54. The summed E-state index contributed by atoms with van der Waals surface area (Å²) in [4.78, 5) is 0. The molecular weight excluding hydrogens is 294 g/mol. The van der Waals surface area contributed by atoms with Crippen molar-refractivity contribution in [2.24, 2.45) is 0 Å². The van der Waals surface area contributed by atoms with Crippen LogP contribution in [0.15, 0.2) is 33.3 Å². The molecule has 0 bridgehead atoms. The van der Waals surface area contributed by atoms with E-state index in [1.807, 2.05) is 39.0 Å². The van der Waals surface area contributed by atoms with Gasteiger partial charge in [0.05, 0.1) is 25.1 Å². The van der Waals surface area contributed by atoms with Gasteiger partial charge in [-0.05, 0) is 32.9 Å². The largest absolute Gasteiger partial charge is 0.469 e. The van der Waals surface area contributed by atoms with Crippen LogP contribution in [-0.4, -0.2) is 21.5 Å². The van der Waals surface area contributed by atoms with Gasteiger partial charge < -0.3 is 19.3 Å². The van der Waals surface area contributed by atoms with E-state index in [-0.39, 0.29) is 6.61 Å². The topological polar surface area (TPSA) is 76.4 Å². The highest BCUT2D eigenvalue weighted by atomic mass is 16.3. The molecule has 0 atom stereocenters. The fourth-order valence-electron chi connectivity index (χ4n) is 2.65. The fraction of sp³-hybridized carbons (Fsp3) is 0.353. The van der Waals surface area contributed by atoms with E-state index in [0.29, 0.717) is 13.1 Å². The van der Waals surface area contributed by atoms with Crippen LogP contribution < -0.4 is 5.32 Å². The number of furan rings is 2. The molecule has 3 aromatic heterocycles. The second-order valence-corrected chi connectivity index (χ2v) is 5.54. The van der Waals surface area contributed by atoms with E-state index in [2.05, 4.69) is 10.4 Å². The molecule has 0 aromatic carbocycles. The standard InChI is InChI=1S/C17H21N3O3/c1-11-8-14(12(2)23-11)10-18-17-9-16(19-20(17)5-6-21)15-4-7-22-13(15)3/h4,7-9,18,21H,5-6,10H2,1-3H3. The molecule has 0 aliphatic rings. The van der Waals surface area contributed by atoms with Gasteiger partial charge in [0.1, 0.15) is 23.1 Å². The molecule has 3 aromatic rings. The SMILES string of the molecule is Cc1cc(CNc2cc(-c3ccoc3C)nn2CCO)c(C)o1. The van der Waals surface area contributed by atoms with Crippen molar-refractivity contribution in [3.8, 4) is 11.3 Å². The van der Waals surface area contributed by atoms with Crippen LogP contribution in [-0.2, 0) is 13.1 Å². The Bertz CT molecular complexity index is 798. The molecule has 3 rings (SSSR count). The van der Waals surface area contributed by atoms with Crippen LogP contribution in [0.5, 0.6) is 0 Å². The third-order valence-corrected chi connectivity index (χ3v) is 3.83. The summed E-state index contributed by atoms with van der Waals surface area (Å²) in [6.45, 7) is 6.91. The van der Waals surface area contributed by atoms with E-state index in [9.17, 15) is 5.11 Å².